The van der Waals surface area contributed by atoms with Crippen molar-refractivity contribution in [3.05, 3.63) is 59.9 Å². The fraction of sp³-hybridized carbons (Fsp3) is 0.520. The van der Waals surface area contributed by atoms with Crippen molar-refractivity contribution < 1.29 is 36.2 Å². The molecule has 2 saturated heterocycles. The zero-order chi connectivity index (χ0) is 26.7. The first-order valence-corrected chi connectivity index (χ1v) is 13.6. The molecule has 0 radical (unpaired) electrons. The number of aromatic nitrogens is 1. The highest BCUT2D eigenvalue weighted by Crippen LogP contribution is 2.33. The number of benzene rings is 1. The Morgan fingerprint density at radius 1 is 1.11 bits per heavy atom. The molecule has 2 aromatic rings. The van der Waals surface area contributed by atoms with E-state index >= 15 is 0 Å². The van der Waals surface area contributed by atoms with Gasteiger partial charge in [-0.1, -0.05) is 12.5 Å². The number of carbonyl (C=O) groups excluding carboxylic acids is 1. The quantitative estimate of drug-likeness (QED) is 0.578. The fourth-order valence-electron chi connectivity index (χ4n) is 4.83. The second-order valence-corrected chi connectivity index (χ2v) is 11.3. The number of piperidine rings is 2. The molecule has 4 rings (SSSR count). The van der Waals surface area contributed by atoms with Gasteiger partial charge in [-0.2, -0.15) is 17.5 Å². The van der Waals surface area contributed by atoms with Crippen LogP contribution < -0.4 is 0 Å². The molecule has 1 unspecified atom stereocenters. The topological polar surface area (TPSA) is 100 Å². The Morgan fingerprint density at radius 3 is 2.43 bits per heavy atom. The van der Waals surface area contributed by atoms with E-state index in [2.05, 4.69) is 4.98 Å². The third kappa shape index (κ3) is 6.31. The van der Waals surface area contributed by atoms with Gasteiger partial charge in [0.2, 0.25) is 15.9 Å². The minimum atomic E-state index is -4.55. The summed E-state index contributed by atoms with van der Waals surface area (Å²) in [4.78, 5) is 18.1. The van der Waals surface area contributed by atoms with Crippen LogP contribution in [0.25, 0.3) is 0 Å². The molecular formula is C25H30F3N3O5S. The van der Waals surface area contributed by atoms with Crippen LogP contribution in [0.1, 0.15) is 43.2 Å². The predicted octanol–water partition coefficient (Wildman–Crippen LogP) is 3.17. The molecule has 8 nitrogen and oxygen atoms in total. The Bertz CT molecular complexity index is 1170. The number of hydrogen-bond donors (Lipinski definition) is 1. The van der Waals surface area contributed by atoms with Gasteiger partial charge >= 0.3 is 6.18 Å². The molecule has 0 aliphatic carbocycles. The van der Waals surface area contributed by atoms with Crippen LogP contribution in [0, 0.1) is 0 Å². The van der Waals surface area contributed by atoms with Crippen molar-refractivity contribution in [1.82, 2.24) is 14.2 Å². The number of alkyl halides is 3. The van der Waals surface area contributed by atoms with Crippen LogP contribution in [-0.2, 0) is 31.3 Å². The number of amides is 1. The normalized spacial score (nSPS) is 21.1. The first-order valence-electron chi connectivity index (χ1n) is 12.2. The van der Waals surface area contributed by atoms with Crippen molar-refractivity contribution in [1.29, 1.82) is 0 Å². The Hall–Kier alpha value is -2.54. The summed E-state index contributed by atoms with van der Waals surface area (Å²) in [5.41, 5.74) is -1.24. The highest BCUT2D eigenvalue weighted by Gasteiger charge is 2.37. The lowest BCUT2D eigenvalue weighted by atomic mass is 9.85. The SMILES string of the molecule is O=C(COCC1CCCCN1S(=O)(=O)c1ccc(C(F)(F)F)cc1)N1CCC(O)(c2cccnc2)CC1. The number of rotatable bonds is 7. The summed E-state index contributed by atoms with van der Waals surface area (Å²) in [6, 6.07) is 6.50. The lowest BCUT2D eigenvalue weighted by molar-refractivity contribution is -0.141. The number of pyridine rings is 1. The number of halogens is 3. The van der Waals surface area contributed by atoms with Gasteiger partial charge in [-0.25, -0.2) is 8.42 Å². The molecule has 2 aliphatic rings. The summed E-state index contributed by atoms with van der Waals surface area (Å²) < 4.78 is 71.8. The van der Waals surface area contributed by atoms with Crippen molar-refractivity contribution in [2.75, 3.05) is 32.8 Å². The van der Waals surface area contributed by atoms with Crippen LogP contribution >= 0.6 is 0 Å². The molecule has 202 valence electrons. The Kier molecular flexibility index (Phi) is 8.22. The second kappa shape index (κ2) is 11.1. The smallest absolute Gasteiger partial charge is 0.385 e. The minimum Gasteiger partial charge on any atom is -0.385 e. The molecule has 1 aromatic heterocycles. The average Bonchev–Trinajstić information content (AvgIpc) is 2.89. The molecule has 2 fully saturated rings. The maximum Gasteiger partial charge on any atom is 0.416 e. The Labute approximate surface area is 214 Å². The van der Waals surface area contributed by atoms with Crippen molar-refractivity contribution in [3.63, 3.8) is 0 Å². The average molecular weight is 542 g/mol. The van der Waals surface area contributed by atoms with Crippen LogP contribution in [-0.4, -0.2) is 72.5 Å². The molecule has 2 aliphatic heterocycles. The molecule has 37 heavy (non-hydrogen) atoms. The van der Waals surface area contributed by atoms with Gasteiger partial charge in [-0.05, 0) is 56.0 Å². The number of likely N-dealkylation sites (tertiary alicyclic amines) is 1. The van der Waals surface area contributed by atoms with Crippen LogP contribution in [0.3, 0.4) is 0 Å². The molecule has 1 atom stereocenters. The van der Waals surface area contributed by atoms with Crippen LogP contribution in [0.5, 0.6) is 0 Å². The lowest BCUT2D eigenvalue weighted by Crippen LogP contribution is -2.48. The van der Waals surface area contributed by atoms with Crippen molar-refractivity contribution in [2.24, 2.45) is 0 Å². The molecular weight excluding hydrogens is 511 g/mol. The molecule has 1 amide bonds. The number of sulfonamides is 1. The van der Waals surface area contributed by atoms with E-state index in [4.69, 9.17) is 4.74 Å². The third-order valence-electron chi connectivity index (χ3n) is 7.04. The van der Waals surface area contributed by atoms with Crippen LogP contribution in [0.4, 0.5) is 13.2 Å². The molecule has 12 heteroatoms. The molecule has 3 heterocycles. The molecule has 0 saturated carbocycles. The van der Waals surface area contributed by atoms with Gasteiger partial charge in [-0.3, -0.25) is 9.78 Å². The number of aliphatic hydroxyl groups is 1. The summed E-state index contributed by atoms with van der Waals surface area (Å²) in [5.74, 6) is -0.249. The van der Waals surface area contributed by atoms with Gasteiger partial charge in [0.1, 0.15) is 6.61 Å². The minimum absolute atomic E-state index is 0.000926. The zero-order valence-electron chi connectivity index (χ0n) is 20.2. The van der Waals surface area contributed by atoms with Crippen LogP contribution in [0.2, 0.25) is 0 Å². The number of hydrogen-bond acceptors (Lipinski definition) is 6. The maximum atomic E-state index is 13.2. The fourth-order valence-corrected chi connectivity index (χ4v) is 6.51. The van der Waals surface area contributed by atoms with E-state index in [9.17, 15) is 31.5 Å². The van der Waals surface area contributed by atoms with E-state index in [1.165, 1.54) is 4.31 Å². The largest absolute Gasteiger partial charge is 0.416 e. The summed E-state index contributed by atoms with van der Waals surface area (Å²) in [7, 11) is -4.03. The lowest BCUT2D eigenvalue weighted by Gasteiger charge is -2.38. The standard InChI is InChI=1S/C25H30F3N3O5S/c26-25(27,28)19-6-8-22(9-7-19)37(34,35)31-13-2-1-5-21(31)17-36-18-23(32)30-14-10-24(33,11-15-30)20-4-3-12-29-16-20/h3-4,6-9,12,16,21,33H,1-2,5,10-11,13-15,17-18H2. The maximum absolute atomic E-state index is 13.2. The molecule has 0 spiro atoms. The summed E-state index contributed by atoms with van der Waals surface area (Å²) in [6.45, 7) is 0.705. The number of carbonyl (C=O) groups is 1. The highest BCUT2D eigenvalue weighted by atomic mass is 32.2. The first kappa shape index (κ1) is 27.5. The van der Waals surface area contributed by atoms with E-state index in [0.717, 1.165) is 30.7 Å². The summed E-state index contributed by atoms with van der Waals surface area (Å²) in [5, 5.41) is 10.9. The number of nitrogens with zero attached hydrogens (tertiary/aromatic N) is 3. The van der Waals surface area contributed by atoms with Crippen molar-refractivity contribution >= 4 is 15.9 Å². The van der Waals surface area contributed by atoms with Gasteiger partial charge in [0.15, 0.2) is 0 Å². The van der Waals surface area contributed by atoms with Gasteiger partial charge in [-0.15, -0.1) is 0 Å². The number of ether oxygens (including phenoxy) is 1. The summed E-state index contributed by atoms with van der Waals surface area (Å²) >= 11 is 0. The van der Waals surface area contributed by atoms with Gasteiger partial charge < -0.3 is 14.7 Å². The van der Waals surface area contributed by atoms with Gasteiger partial charge in [0, 0.05) is 43.6 Å². The van der Waals surface area contributed by atoms with Crippen molar-refractivity contribution in [3.8, 4) is 0 Å². The first-order chi connectivity index (χ1) is 17.5. The zero-order valence-corrected chi connectivity index (χ0v) is 21.0. The highest BCUT2D eigenvalue weighted by molar-refractivity contribution is 7.89. The van der Waals surface area contributed by atoms with E-state index < -0.39 is 33.4 Å². The van der Waals surface area contributed by atoms with Crippen LogP contribution in [0.15, 0.2) is 53.7 Å². The third-order valence-corrected chi connectivity index (χ3v) is 9.01. The summed E-state index contributed by atoms with van der Waals surface area (Å²) in [6.07, 6.45) is 1.36. The van der Waals surface area contributed by atoms with E-state index in [1.807, 2.05) is 6.07 Å². The van der Waals surface area contributed by atoms with Crippen molar-refractivity contribution in [2.45, 2.75) is 54.8 Å². The van der Waals surface area contributed by atoms with Gasteiger partial charge in [0.05, 0.1) is 22.7 Å². The monoisotopic (exact) mass is 541 g/mol. The van der Waals surface area contributed by atoms with Gasteiger partial charge in [0.25, 0.3) is 0 Å². The van der Waals surface area contributed by atoms with E-state index in [0.29, 0.717) is 44.3 Å². The Balaban J connectivity index is 1.31. The Morgan fingerprint density at radius 2 is 1.81 bits per heavy atom. The second-order valence-electron chi connectivity index (χ2n) is 9.46. The van der Waals surface area contributed by atoms with E-state index in [-0.39, 0.29) is 30.6 Å². The van der Waals surface area contributed by atoms with E-state index in [1.54, 1.807) is 23.4 Å². The molecule has 1 N–H and O–H groups in total. The predicted molar refractivity (Wildman–Crippen MR) is 128 cm³/mol. The molecule has 1 aromatic carbocycles. The molecule has 0 bridgehead atoms.